The Morgan fingerprint density at radius 3 is 2.53 bits per heavy atom. The number of alkyl halides is 3. The molecule has 0 aliphatic heterocycles. The van der Waals surface area contributed by atoms with Gasteiger partial charge in [-0.3, -0.25) is 19.7 Å². The second-order valence-electron chi connectivity index (χ2n) is 5.90. The highest BCUT2D eigenvalue weighted by Gasteiger charge is 2.31. The Bertz CT molecular complexity index is 966. The number of ether oxygens (including phenoxy) is 1. The highest BCUT2D eigenvalue weighted by Crippen LogP contribution is 2.37. The molecule has 0 spiro atoms. The normalized spacial score (nSPS) is 11.1. The van der Waals surface area contributed by atoms with Crippen LogP contribution >= 0.6 is 11.6 Å². The minimum atomic E-state index is -4.57. The molecule has 1 amide bonds. The number of carbonyl (C=O) groups excluding carboxylic acids is 1. The number of rotatable bonds is 8. The molecule has 2 aromatic rings. The lowest BCUT2D eigenvalue weighted by atomic mass is 10.1. The lowest BCUT2D eigenvalue weighted by Gasteiger charge is -2.18. The Labute approximate surface area is 174 Å². The van der Waals surface area contributed by atoms with Crippen LogP contribution in [0.2, 0.25) is 5.02 Å². The van der Waals surface area contributed by atoms with Crippen molar-refractivity contribution < 1.29 is 32.5 Å². The quantitative estimate of drug-likeness (QED) is 0.318. The summed E-state index contributed by atoms with van der Waals surface area (Å²) in [7, 11) is 1.27. The van der Waals surface area contributed by atoms with Crippen molar-refractivity contribution >= 4 is 23.2 Å². The Hall–Kier alpha value is -3.11. The van der Waals surface area contributed by atoms with E-state index in [9.17, 15) is 28.1 Å². The second-order valence-corrected chi connectivity index (χ2v) is 6.30. The summed E-state index contributed by atoms with van der Waals surface area (Å²) in [5.74, 6) is -0.594. The van der Waals surface area contributed by atoms with Crippen LogP contribution in [0.4, 0.5) is 18.9 Å². The van der Waals surface area contributed by atoms with Crippen LogP contribution in [0.15, 0.2) is 49.1 Å². The zero-order valence-electron chi connectivity index (χ0n) is 15.6. The fourth-order valence-corrected chi connectivity index (χ4v) is 2.70. The van der Waals surface area contributed by atoms with Crippen molar-refractivity contribution in [2.24, 2.45) is 0 Å². The van der Waals surface area contributed by atoms with E-state index in [1.54, 1.807) is 0 Å². The van der Waals surface area contributed by atoms with Crippen LogP contribution in [0.25, 0.3) is 0 Å². The van der Waals surface area contributed by atoms with Crippen LogP contribution in [0, 0.1) is 10.1 Å². The molecule has 7 nitrogen and oxygen atoms in total. The maximum Gasteiger partial charge on any atom is 0.416 e. The van der Waals surface area contributed by atoms with Gasteiger partial charge in [0.2, 0.25) is 0 Å². The molecule has 0 radical (unpaired) electrons. The summed E-state index contributed by atoms with van der Waals surface area (Å²) in [4.78, 5) is 27.9. The van der Waals surface area contributed by atoms with Gasteiger partial charge in [0.25, 0.3) is 11.6 Å². The molecule has 30 heavy (non-hydrogen) atoms. The molecule has 2 rings (SSSR count). The third kappa shape index (κ3) is 5.71. The van der Waals surface area contributed by atoms with E-state index in [1.807, 2.05) is 0 Å². The Morgan fingerprint density at radius 1 is 1.30 bits per heavy atom. The van der Waals surface area contributed by atoms with E-state index in [0.29, 0.717) is 6.07 Å². The number of carbonyl (C=O) groups is 1. The molecule has 0 saturated carbocycles. The summed E-state index contributed by atoms with van der Waals surface area (Å²) in [6.07, 6.45) is -3.53. The molecule has 0 N–H and O–H groups in total. The lowest BCUT2D eigenvalue weighted by Crippen LogP contribution is -2.31. The number of halogens is 4. The van der Waals surface area contributed by atoms with Gasteiger partial charge >= 0.3 is 6.18 Å². The van der Waals surface area contributed by atoms with Crippen molar-refractivity contribution in [1.82, 2.24) is 5.06 Å². The van der Waals surface area contributed by atoms with Crippen molar-refractivity contribution in [3.8, 4) is 11.5 Å². The first-order valence-electron chi connectivity index (χ1n) is 8.34. The molecule has 0 unspecified atom stereocenters. The zero-order valence-corrected chi connectivity index (χ0v) is 16.4. The van der Waals surface area contributed by atoms with Gasteiger partial charge in [-0.15, -0.1) is 6.58 Å². The number of benzene rings is 2. The minimum absolute atomic E-state index is 0.0247. The van der Waals surface area contributed by atoms with Crippen LogP contribution < -0.4 is 4.74 Å². The third-order valence-corrected chi connectivity index (χ3v) is 4.17. The van der Waals surface area contributed by atoms with Crippen molar-refractivity contribution in [2.75, 3.05) is 13.7 Å². The van der Waals surface area contributed by atoms with Gasteiger partial charge in [0.1, 0.15) is 11.5 Å². The van der Waals surface area contributed by atoms with Crippen molar-refractivity contribution in [3.63, 3.8) is 0 Å². The topological polar surface area (TPSA) is 81.9 Å². The molecule has 0 bridgehead atoms. The van der Waals surface area contributed by atoms with Gasteiger partial charge in [-0.05, 0) is 30.3 Å². The van der Waals surface area contributed by atoms with E-state index in [-0.39, 0.29) is 40.7 Å². The van der Waals surface area contributed by atoms with Crippen molar-refractivity contribution in [1.29, 1.82) is 0 Å². The number of hydrogen-bond donors (Lipinski definition) is 0. The zero-order chi connectivity index (χ0) is 22.5. The maximum atomic E-state index is 12.8. The van der Waals surface area contributed by atoms with Gasteiger partial charge in [-0.2, -0.15) is 13.2 Å². The molecular weight excluding hydrogens is 429 g/mol. The maximum absolute atomic E-state index is 12.8. The summed E-state index contributed by atoms with van der Waals surface area (Å²) in [5.41, 5.74) is -1.25. The molecule has 0 aliphatic carbocycles. The van der Waals surface area contributed by atoms with Gasteiger partial charge in [0, 0.05) is 11.6 Å². The van der Waals surface area contributed by atoms with E-state index in [1.165, 1.54) is 25.3 Å². The molecule has 0 atom stereocenters. The van der Waals surface area contributed by atoms with Crippen LogP contribution in [0.1, 0.15) is 11.1 Å². The number of amides is 1. The largest absolute Gasteiger partial charge is 0.456 e. The smallest absolute Gasteiger partial charge is 0.416 e. The van der Waals surface area contributed by atoms with Gasteiger partial charge in [-0.1, -0.05) is 17.7 Å². The average molecular weight is 445 g/mol. The number of hydroxylamine groups is 2. The molecule has 2 aromatic carbocycles. The summed E-state index contributed by atoms with van der Waals surface area (Å²) in [6, 6.07) is 6.15. The van der Waals surface area contributed by atoms with E-state index < -0.39 is 22.6 Å². The highest BCUT2D eigenvalue weighted by molar-refractivity contribution is 6.32. The fraction of sp³-hybridized carbons (Fsp3) is 0.211. The van der Waals surface area contributed by atoms with E-state index in [2.05, 4.69) is 6.58 Å². The molecule has 0 saturated heterocycles. The van der Waals surface area contributed by atoms with Crippen LogP contribution in [-0.2, 0) is 22.2 Å². The molecule has 160 valence electrons. The van der Waals surface area contributed by atoms with Gasteiger partial charge < -0.3 is 4.74 Å². The monoisotopic (exact) mass is 444 g/mol. The average Bonchev–Trinajstić information content (AvgIpc) is 2.66. The predicted molar refractivity (Wildman–Crippen MR) is 102 cm³/mol. The molecule has 0 aliphatic rings. The highest BCUT2D eigenvalue weighted by atomic mass is 35.5. The van der Waals surface area contributed by atoms with Gasteiger partial charge in [0.15, 0.2) is 0 Å². The fourth-order valence-electron chi connectivity index (χ4n) is 2.48. The minimum Gasteiger partial charge on any atom is -0.456 e. The predicted octanol–water partition coefficient (Wildman–Crippen LogP) is 5.18. The molecule has 0 heterocycles. The molecular formula is C19H16ClF3N2O5. The van der Waals surface area contributed by atoms with E-state index in [0.717, 1.165) is 23.3 Å². The van der Waals surface area contributed by atoms with Crippen LogP contribution in [-0.4, -0.2) is 29.5 Å². The lowest BCUT2D eigenvalue weighted by molar-refractivity contribution is -0.385. The second kappa shape index (κ2) is 9.59. The van der Waals surface area contributed by atoms with E-state index in [4.69, 9.17) is 21.2 Å². The van der Waals surface area contributed by atoms with Crippen molar-refractivity contribution in [3.05, 3.63) is 75.3 Å². The van der Waals surface area contributed by atoms with Crippen molar-refractivity contribution in [2.45, 2.75) is 12.6 Å². The Balaban J connectivity index is 2.33. The first-order valence-corrected chi connectivity index (χ1v) is 8.72. The summed E-state index contributed by atoms with van der Waals surface area (Å²) >= 11 is 5.87. The number of nitro benzene ring substituents is 1. The van der Waals surface area contributed by atoms with Crippen LogP contribution in [0.3, 0.4) is 0 Å². The molecule has 0 fully saturated rings. The number of nitro groups is 1. The summed E-state index contributed by atoms with van der Waals surface area (Å²) in [6.45, 7) is 3.56. The standard InChI is InChI=1S/C19H16ClF3N2O5/c1-3-8-24(29-2)18(26)10-12-9-14(5-6-16(12)25(27)28)30-17-7-4-13(11-15(17)20)19(21,22)23/h3-7,9,11H,1,8,10H2,2H3. The van der Waals surface area contributed by atoms with Crippen LogP contribution in [0.5, 0.6) is 11.5 Å². The Morgan fingerprint density at radius 2 is 2.00 bits per heavy atom. The third-order valence-electron chi connectivity index (χ3n) is 3.87. The summed E-state index contributed by atoms with van der Waals surface area (Å²) < 4.78 is 43.7. The SMILES string of the molecule is C=CCN(OC)C(=O)Cc1cc(Oc2ccc(C(F)(F)F)cc2Cl)ccc1[N+](=O)[O-]. The molecule has 11 heteroatoms. The van der Waals surface area contributed by atoms with E-state index >= 15 is 0 Å². The van der Waals surface area contributed by atoms with Gasteiger partial charge in [-0.25, -0.2) is 5.06 Å². The molecule has 0 aromatic heterocycles. The van der Waals surface area contributed by atoms with Gasteiger partial charge in [0.05, 0.1) is 35.6 Å². The Kier molecular flexibility index (Phi) is 7.41. The number of hydrogen-bond acceptors (Lipinski definition) is 5. The first kappa shape index (κ1) is 23.2. The number of nitrogens with zero attached hydrogens (tertiary/aromatic N) is 2. The summed E-state index contributed by atoms with van der Waals surface area (Å²) in [5, 5.41) is 12.0. The first-order chi connectivity index (χ1) is 14.1.